The number of nitrogens with one attached hydrogen (secondary N) is 1. The van der Waals surface area contributed by atoms with Crippen molar-refractivity contribution < 1.29 is 23.9 Å². The summed E-state index contributed by atoms with van der Waals surface area (Å²) < 4.78 is 12.0. The number of rotatable bonds is 8. The Bertz CT molecular complexity index is 1720. The van der Waals surface area contributed by atoms with Crippen molar-refractivity contribution in [2.75, 3.05) is 19.0 Å². The third-order valence-electron chi connectivity index (χ3n) is 6.38. The highest BCUT2D eigenvalue weighted by Crippen LogP contribution is 2.38. The predicted octanol–water partition coefficient (Wildman–Crippen LogP) is 7.67. The largest absolute Gasteiger partial charge is 0.493 e. The molecule has 5 rings (SSSR count). The lowest BCUT2D eigenvalue weighted by Crippen LogP contribution is -2.27. The van der Waals surface area contributed by atoms with E-state index < -0.39 is 0 Å². The highest BCUT2D eigenvalue weighted by Gasteiger charge is 2.35. The molecule has 1 heterocycles. The molecule has 4 aromatic rings. The highest BCUT2D eigenvalue weighted by molar-refractivity contribution is 14.1. The van der Waals surface area contributed by atoms with Gasteiger partial charge in [0.15, 0.2) is 18.1 Å². The van der Waals surface area contributed by atoms with Crippen molar-refractivity contribution in [2.24, 2.45) is 0 Å². The molecule has 10 heteroatoms. The number of benzene rings is 4. The maximum absolute atomic E-state index is 13.2. The zero-order chi connectivity index (χ0) is 29.1. The van der Waals surface area contributed by atoms with Crippen LogP contribution in [0.15, 0.2) is 77.7 Å². The summed E-state index contributed by atoms with van der Waals surface area (Å²) in [4.78, 5) is 40.0. The molecule has 0 bridgehead atoms. The summed E-state index contributed by atoms with van der Waals surface area (Å²) in [5.74, 6) is 0.0822. The van der Waals surface area contributed by atoms with Gasteiger partial charge < -0.3 is 14.8 Å². The van der Waals surface area contributed by atoms with Gasteiger partial charge in [0, 0.05) is 10.7 Å². The van der Waals surface area contributed by atoms with E-state index in [4.69, 9.17) is 21.1 Å². The molecule has 0 aromatic heterocycles. The number of hydrogen-bond donors (Lipinski definition) is 1. The average molecular weight is 699 g/mol. The molecule has 208 valence electrons. The van der Waals surface area contributed by atoms with Gasteiger partial charge in [0.1, 0.15) is 0 Å². The summed E-state index contributed by atoms with van der Waals surface area (Å²) in [5, 5.41) is 5.14. The fourth-order valence-electron chi connectivity index (χ4n) is 4.28. The number of carbonyl (C=O) groups excluding carboxylic acids is 3. The summed E-state index contributed by atoms with van der Waals surface area (Å²) in [5.41, 5.74) is 3.02. The van der Waals surface area contributed by atoms with Crippen LogP contribution in [0.25, 0.3) is 16.8 Å². The minimum Gasteiger partial charge on any atom is -0.493 e. The molecule has 1 N–H and O–H groups in total. The first-order valence-corrected chi connectivity index (χ1v) is 14.8. The molecule has 4 aromatic carbocycles. The Morgan fingerprint density at radius 3 is 2.59 bits per heavy atom. The monoisotopic (exact) mass is 698 g/mol. The quantitative estimate of drug-likeness (QED) is 0.150. The predicted molar refractivity (Wildman–Crippen MR) is 171 cm³/mol. The number of anilines is 1. The number of methoxy groups -OCH3 is 1. The van der Waals surface area contributed by atoms with Crippen LogP contribution in [0.5, 0.6) is 11.5 Å². The van der Waals surface area contributed by atoms with E-state index in [1.165, 1.54) is 12.0 Å². The Hall–Kier alpha value is -3.54. The van der Waals surface area contributed by atoms with E-state index in [0.29, 0.717) is 36.2 Å². The topological polar surface area (TPSA) is 84.9 Å². The molecule has 7 nitrogen and oxygen atoms in total. The number of carbonyl (C=O) groups is 3. The Kier molecular flexibility index (Phi) is 8.86. The van der Waals surface area contributed by atoms with E-state index in [1.807, 2.05) is 55.5 Å². The number of thioether (sulfide) groups is 1. The van der Waals surface area contributed by atoms with Gasteiger partial charge in [-0.05, 0) is 105 Å². The van der Waals surface area contributed by atoms with Crippen LogP contribution in [0, 0.1) is 10.5 Å². The van der Waals surface area contributed by atoms with Gasteiger partial charge in [-0.1, -0.05) is 54.1 Å². The van der Waals surface area contributed by atoms with Gasteiger partial charge in [-0.2, -0.15) is 0 Å². The van der Waals surface area contributed by atoms with Crippen molar-refractivity contribution in [3.05, 3.63) is 103 Å². The van der Waals surface area contributed by atoms with Crippen molar-refractivity contribution in [3.8, 4) is 11.5 Å². The van der Waals surface area contributed by atoms with E-state index >= 15 is 0 Å². The van der Waals surface area contributed by atoms with E-state index in [0.717, 1.165) is 33.7 Å². The van der Waals surface area contributed by atoms with Crippen LogP contribution in [0.2, 0.25) is 5.02 Å². The standard InChI is InChI=1S/C31H24ClIN2O5S/c1-18-7-10-23(15-24(18)32)34-28(36)17-40-29-25(33)12-20(13-26(29)39-2)14-27-30(37)35(31(38)41-27)16-19-8-9-21-5-3-4-6-22(21)11-19/h3-15H,16-17H2,1-2H3,(H,34,36)/b27-14-. The lowest BCUT2D eigenvalue weighted by molar-refractivity contribution is -0.123. The van der Waals surface area contributed by atoms with Gasteiger partial charge in [0.25, 0.3) is 17.1 Å². The van der Waals surface area contributed by atoms with Crippen molar-refractivity contribution in [2.45, 2.75) is 13.5 Å². The van der Waals surface area contributed by atoms with Gasteiger partial charge in [0.05, 0.1) is 22.1 Å². The number of aryl methyl sites for hydroxylation is 1. The smallest absolute Gasteiger partial charge is 0.293 e. The molecule has 1 aliphatic rings. The summed E-state index contributed by atoms with van der Waals surface area (Å²) in [6, 6.07) is 22.6. The number of hydrogen-bond acceptors (Lipinski definition) is 6. The maximum atomic E-state index is 13.2. The lowest BCUT2D eigenvalue weighted by atomic mass is 10.1. The maximum Gasteiger partial charge on any atom is 0.293 e. The summed E-state index contributed by atoms with van der Waals surface area (Å²) in [6.07, 6.45) is 1.66. The first-order chi connectivity index (χ1) is 19.7. The Morgan fingerprint density at radius 2 is 1.83 bits per heavy atom. The van der Waals surface area contributed by atoms with E-state index in [-0.39, 0.29) is 30.2 Å². The van der Waals surface area contributed by atoms with Crippen LogP contribution in [0.1, 0.15) is 16.7 Å². The van der Waals surface area contributed by atoms with Gasteiger partial charge in [0.2, 0.25) is 0 Å². The number of fused-ring (bicyclic) bond motifs is 1. The number of halogens is 2. The Labute approximate surface area is 260 Å². The number of amides is 3. The lowest BCUT2D eigenvalue weighted by Gasteiger charge is -2.14. The normalized spacial score (nSPS) is 14.1. The molecular formula is C31H24ClIN2O5S. The van der Waals surface area contributed by atoms with Crippen LogP contribution in [0.3, 0.4) is 0 Å². The molecule has 0 aliphatic carbocycles. The summed E-state index contributed by atoms with van der Waals surface area (Å²) in [6.45, 7) is 1.83. The second-order valence-corrected chi connectivity index (χ2v) is 11.8. The Balaban J connectivity index is 1.28. The minimum absolute atomic E-state index is 0.192. The highest BCUT2D eigenvalue weighted by atomic mass is 127. The Morgan fingerprint density at radius 1 is 1.05 bits per heavy atom. The van der Waals surface area contributed by atoms with Crippen molar-refractivity contribution in [1.29, 1.82) is 0 Å². The van der Waals surface area contributed by atoms with Crippen LogP contribution in [-0.4, -0.2) is 35.7 Å². The van der Waals surface area contributed by atoms with Crippen molar-refractivity contribution in [3.63, 3.8) is 0 Å². The first-order valence-electron chi connectivity index (χ1n) is 12.5. The molecule has 3 amide bonds. The molecule has 0 spiro atoms. The SMILES string of the molecule is COc1cc(/C=C2\SC(=O)N(Cc3ccc4ccccc4c3)C2=O)cc(I)c1OCC(=O)Nc1ccc(C)c(Cl)c1. The van der Waals surface area contributed by atoms with Gasteiger partial charge in [-0.15, -0.1) is 0 Å². The summed E-state index contributed by atoms with van der Waals surface area (Å²) >= 11 is 9.12. The van der Waals surface area contributed by atoms with Crippen LogP contribution in [0.4, 0.5) is 10.5 Å². The van der Waals surface area contributed by atoms with Crippen molar-refractivity contribution >= 4 is 85.5 Å². The van der Waals surface area contributed by atoms with E-state index in [2.05, 4.69) is 27.9 Å². The average Bonchev–Trinajstić information content (AvgIpc) is 3.21. The molecule has 0 saturated carbocycles. The third-order valence-corrected chi connectivity index (χ3v) is 8.50. The first kappa shape index (κ1) is 29.0. The van der Waals surface area contributed by atoms with Crippen LogP contribution in [-0.2, 0) is 16.1 Å². The molecule has 0 unspecified atom stereocenters. The number of imide groups is 1. The number of nitrogens with zero attached hydrogens (tertiary/aromatic N) is 1. The number of ether oxygens (including phenoxy) is 2. The van der Waals surface area contributed by atoms with Gasteiger partial charge in [-0.25, -0.2) is 0 Å². The summed E-state index contributed by atoms with van der Waals surface area (Å²) in [7, 11) is 1.49. The molecule has 41 heavy (non-hydrogen) atoms. The van der Waals surface area contributed by atoms with Crippen molar-refractivity contribution in [1.82, 2.24) is 4.90 Å². The fourth-order valence-corrected chi connectivity index (χ4v) is 6.08. The van der Waals surface area contributed by atoms with E-state index in [9.17, 15) is 14.4 Å². The van der Waals surface area contributed by atoms with Gasteiger partial charge in [-0.3, -0.25) is 19.3 Å². The van der Waals surface area contributed by atoms with E-state index in [1.54, 1.807) is 30.3 Å². The van der Waals surface area contributed by atoms with Crippen LogP contribution >= 0.6 is 46.0 Å². The zero-order valence-electron chi connectivity index (χ0n) is 22.1. The molecule has 1 fully saturated rings. The van der Waals surface area contributed by atoms with Crippen LogP contribution < -0.4 is 14.8 Å². The third kappa shape index (κ3) is 6.69. The zero-order valence-corrected chi connectivity index (χ0v) is 25.8. The molecule has 1 saturated heterocycles. The second-order valence-electron chi connectivity index (χ2n) is 9.28. The van der Waals surface area contributed by atoms with Gasteiger partial charge >= 0.3 is 0 Å². The minimum atomic E-state index is -0.355. The molecule has 0 atom stereocenters. The molecule has 1 aliphatic heterocycles. The second kappa shape index (κ2) is 12.5. The molecule has 0 radical (unpaired) electrons. The fraction of sp³-hybridized carbons (Fsp3) is 0.129. The molecular weight excluding hydrogens is 675 g/mol.